The number of rotatable bonds is 4. The van der Waals surface area contributed by atoms with Gasteiger partial charge in [0.2, 0.25) is 0 Å². The molecule has 21 heavy (non-hydrogen) atoms. The first-order chi connectivity index (χ1) is 10.1. The van der Waals surface area contributed by atoms with Crippen LogP contribution in [-0.4, -0.2) is 0 Å². The highest BCUT2D eigenvalue weighted by Crippen LogP contribution is 2.27. The molecular formula is C20H25N. The van der Waals surface area contributed by atoms with Gasteiger partial charge in [-0.2, -0.15) is 0 Å². The Kier molecular flexibility index (Phi) is 4.12. The summed E-state index contributed by atoms with van der Waals surface area (Å²) in [5.74, 6) is 0. The van der Waals surface area contributed by atoms with Crippen LogP contribution in [0.5, 0.6) is 0 Å². The molecule has 0 aliphatic heterocycles. The maximum absolute atomic E-state index is 3.74. The van der Waals surface area contributed by atoms with Gasteiger partial charge in [0.05, 0.1) is 0 Å². The van der Waals surface area contributed by atoms with E-state index in [9.17, 15) is 0 Å². The average Bonchev–Trinajstić information content (AvgIpc) is 2.94. The second-order valence-corrected chi connectivity index (χ2v) is 6.35. The largest absolute Gasteiger partial charge is 0.304 e. The molecule has 2 atom stereocenters. The zero-order valence-electron chi connectivity index (χ0n) is 13.3. The molecule has 0 amide bonds. The molecule has 0 saturated heterocycles. The van der Waals surface area contributed by atoms with Crippen molar-refractivity contribution in [2.45, 2.75) is 52.1 Å². The summed E-state index contributed by atoms with van der Waals surface area (Å²) in [5.41, 5.74) is 7.28. The quantitative estimate of drug-likeness (QED) is 0.839. The van der Waals surface area contributed by atoms with Crippen LogP contribution in [0.25, 0.3) is 0 Å². The van der Waals surface area contributed by atoms with Crippen molar-refractivity contribution in [3.05, 3.63) is 70.3 Å². The zero-order valence-corrected chi connectivity index (χ0v) is 13.3. The van der Waals surface area contributed by atoms with E-state index in [1.165, 1.54) is 36.0 Å². The van der Waals surface area contributed by atoms with Crippen molar-refractivity contribution in [2.75, 3.05) is 0 Å². The van der Waals surface area contributed by atoms with E-state index < -0.39 is 0 Å². The van der Waals surface area contributed by atoms with Gasteiger partial charge in [-0.05, 0) is 67.9 Å². The van der Waals surface area contributed by atoms with E-state index in [-0.39, 0.29) is 0 Å². The molecule has 0 aromatic heterocycles. The van der Waals surface area contributed by atoms with Crippen molar-refractivity contribution < 1.29 is 0 Å². The number of nitrogens with one attached hydrogen (secondary N) is 1. The lowest BCUT2D eigenvalue weighted by molar-refractivity contribution is 0.493. The molecule has 0 saturated carbocycles. The number of hydrogen-bond acceptors (Lipinski definition) is 1. The van der Waals surface area contributed by atoms with Gasteiger partial charge in [-0.25, -0.2) is 0 Å². The Bertz CT molecular complexity index is 629. The summed E-state index contributed by atoms with van der Waals surface area (Å²) < 4.78 is 0. The molecule has 2 aromatic carbocycles. The van der Waals surface area contributed by atoms with Gasteiger partial charge in [-0.3, -0.25) is 0 Å². The van der Waals surface area contributed by atoms with E-state index in [0.29, 0.717) is 12.1 Å². The van der Waals surface area contributed by atoms with Gasteiger partial charge in [0, 0.05) is 12.1 Å². The zero-order chi connectivity index (χ0) is 14.8. The first-order valence-corrected chi connectivity index (χ1v) is 8.08. The van der Waals surface area contributed by atoms with Crippen LogP contribution in [0.1, 0.15) is 60.2 Å². The fourth-order valence-corrected chi connectivity index (χ4v) is 3.49. The van der Waals surface area contributed by atoms with Gasteiger partial charge in [0.15, 0.2) is 0 Å². The fraction of sp³-hybridized carbons (Fsp3) is 0.400. The number of aryl methyl sites for hydroxylation is 3. The molecule has 0 bridgehead atoms. The molecule has 0 heterocycles. The van der Waals surface area contributed by atoms with E-state index in [1.54, 1.807) is 11.1 Å². The van der Waals surface area contributed by atoms with E-state index in [1.807, 2.05) is 0 Å². The third kappa shape index (κ3) is 3.03. The van der Waals surface area contributed by atoms with Gasteiger partial charge < -0.3 is 5.32 Å². The van der Waals surface area contributed by atoms with Crippen molar-refractivity contribution in [2.24, 2.45) is 0 Å². The first kappa shape index (κ1) is 14.3. The van der Waals surface area contributed by atoms with Crippen LogP contribution in [0, 0.1) is 6.92 Å². The summed E-state index contributed by atoms with van der Waals surface area (Å²) in [7, 11) is 0. The minimum atomic E-state index is 0.370. The molecule has 110 valence electrons. The molecule has 2 aromatic rings. The molecule has 0 radical (unpaired) electrons. The van der Waals surface area contributed by atoms with E-state index >= 15 is 0 Å². The summed E-state index contributed by atoms with van der Waals surface area (Å²) in [6, 6.07) is 16.4. The number of benzene rings is 2. The summed E-state index contributed by atoms with van der Waals surface area (Å²) in [6.07, 6.45) is 3.83. The molecule has 1 heteroatoms. The lowest BCUT2D eigenvalue weighted by Gasteiger charge is -2.22. The highest BCUT2D eigenvalue weighted by Gasteiger charge is 2.16. The van der Waals surface area contributed by atoms with E-state index in [4.69, 9.17) is 0 Å². The molecule has 1 aliphatic rings. The Balaban J connectivity index is 1.74. The SMILES string of the molecule is Cc1ccccc1[C@H](C)NC(C)c1ccc2c(c1)CCC2. The molecule has 3 rings (SSSR count). The van der Waals surface area contributed by atoms with Gasteiger partial charge in [0.25, 0.3) is 0 Å². The Morgan fingerprint density at radius 1 is 0.905 bits per heavy atom. The smallest absolute Gasteiger partial charge is 0.0300 e. The highest BCUT2D eigenvalue weighted by atomic mass is 14.9. The van der Waals surface area contributed by atoms with Crippen molar-refractivity contribution in [1.82, 2.24) is 5.32 Å². The van der Waals surface area contributed by atoms with Crippen molar-refractivity contribution in [3.8, 4) is 0 Å². The predicted octanol–water partition coefficient (Wildman–Crippen LogP) is 4.90. The van der Waals surface area contributed by atoms with Crippen molar-refractivity contribution in [3.63, 3.8) is 0 Å². The summed E-state index contributed by atoms with van der Waals surface area (Å²) in [6.45, 7) is 6.71. The first-order valence-electron chi connectivity index (χ1n) is 8.08. The molecule has 1 unspecified atom stereocenters. The standard InChI is InChI=1S/C20H25N/c1-14-7-4-5-10-20(14)16(3)21-15(2)18-12-11-17-8-6-9-19(17)13-18/h4-5,7,10-13,15-16,21H,6,8-9H2,1-3H3/t15?,16-/m0/s1. The molecule has 0 fully saturated rings. The highest BCUT2D eigenvalue weighted by molar-refractivity contribution is 5.36. The Morgan fingerprint density at radius 2 is 1.67 bits per heavy atom. The summed E-state index contributed by atoms with van der Waals surface area (Å²) in [5, 5.41) is 3.74. The van der Waals surface area contributed by atoms with Gasteiger partial charge in [-0.15, -0.1) is 0 Å². The van der Waals surface area contributed by atoms with Gasteiger partial charge in [-0.1, -0.05) is 42.5 Å². The van der Waals surface area contributed by atoms with E-state index in [2.05, 4.69) is 68.6 Å². The third-order valence-corrected chi connectivity index (χ3v) is 4.78. The van der Waals surface area contributed by atoms with Crippen molar-refractivity contribution in [1.29, 1.82) is 0 Å². The fourth-order valence-electron chi connectivity index (χ4n) is 3.49. The summed E-state index contributed by atoms with van der Waals surface area (Å²) >= 11 is 0. The molecule has 1 aliphatic carbocycles. The molecule has 1 nitrogen and oxygen atoms in total. The van der Waals surface area contributed by atoms with Crippen LogP contribution in [-0.2, 0) is 12.8 Å². The van der Waals surface area contributed by atoms with E-state index in [0.717, 1.165) is 0 Å². The number of hydrogen-bond donors (Lipinski definition) is 1. The minimum Gasteiger partial charge on any atom is -0.304 e. The summed E-state index contributed by atoms with van der Waals surface area (Å²) in [4.78, 5) is 0. The molecule has 0 spiro atoms. The predicted molar refractivity (Wildman–Crippen MR) is 89.6 cm³/mol. The minimum absolute atomic E-state index is 0.370. The molecule has 1 N–H and O–H groups in total. The number of fused-ring (bicyclic) bond motifs is 1. The maximum Gasteiger partial charge on any atom is 0.0300 e. The van der Waals surface area contributed by atoms with Crippen molar-refractivity contribution >= 4 is 0 Å². The van der Waals surface area contributed by atoms with Crippen LogP contribution in [0.2, 0.25) is 0 Å². The normalized spacial score (nSPS) is 16.5. The van der Waals surface area contributed by atoms with Crippen LogP contribution in [0.15, 0.2) is 42.5 Å². The lowest BCUT2D eigenvalue weighted by Crippen LogP contribution is -2.23. The van der Waals surface area contributed by atoms with Crippen LogP contribution in [0.4, 0.5) is 0 Å². The second-order valence-electron chi connectivity index (χ2n) is 6.35. The Labute approximate surface area is 128 Å². The maximum atomic E-state index is 3.74. The average molecular weight is 279 g/mol. The monoisotopic (exact) mass is 279 g/mol. The van der Waals surface area contributed by atoms with Crippen LogP contribution in [0.3, 0.4) is 0 Å². The molecular weight excluding hydrogens is 254 g/mol. The Hall–Kier alpha value is -1.60. The van der Waals surface area contributed by atoms with Gasteiger partial charge >= 0.3 is 0 Å². The van der Waals surface area contributed by atoms with Gasteiger partial charge in [0.1, 0.15) is 0 Å². The van der Waals surface area contributed by atoms with Crippen LogP contribution >= 0.6 is 0 Å². The van der Waals surface area contributed by atoms with Crippen LogP contribution < -0.4 is 5.32 Å². The lowest BCUT2D eigenvalue weighted by atomic mass is 9.99. The third-order valence-electron chi connectivity index (χ3n) is 4.78. The second kappa shape index (κ2) is 6.03. The Morgan fingerprint density at radius 3 is 2.48 bits per heavy atom. The topological polar surface area (TPSA) is 12.0 Å².